The Morgan fingerprint density at radius 1 is 1.55 bits per heavy atom. The zero-order valence-corrected chi connectivity index (χ0v) is 12.8. The number of carbonyl (C=O) groups is 1. The molecular formula is C13H18ClN5O. The molecule has 0 saturated heterocycles. The Morgan fingerprint density at radius 3 is 2.75 bits per heavy atom. The summed E-state index contributed by atoms with van der Waals surface area (Å²) in [6, 6.07) is -0.145. The second kappa shape index (κ2) is 5.66. The lowest BCUT2D eigenvalue weighted by Gasteiger charge is -2.13. The number of nitrogens with one attached hydrogen (secondary N) is 1. The van der Waals surface area contributed by atoms with Crippen LogP contribution in [0, 0.1) is 6.92 Å². The second-order valence-electron chi connectivity index (χ2n) is 4.69. The maximum atomic E-state index is 12.2. The summed E-state index contributed by atoms with van der Waals surface area (Å²) < 4.78 is 3.32. The molecule has 0 fully saturated rings. The first-order chi connectivity index (χ1) is 9.43. The van der Waals surface area contributed by atoms with Crippen LogP contribution in [0.4, 0.5) is 0 Å². The van der Waals surface area contributed by atoms with E-state index in [1.165, 1.54) is 10.9 Å². The standard InChI is InChI=1S/C13H18ClN5O/c1-5-19-7-10(9(3)17-19)8(2)16-13(20)12-11(14)6-15-18(12)4/h6-8H,5H2,1-4H3,(H,16,20). The van der Waals surface area contributed by atoms with Crippen LogP contribution in [0.15, 0.2) is 12.4 Å². The molecular weight excluding hydrogens is 278 g/mol. The third-order valence-corrected chi connectivity index (χ3v) is 3.51. The molecule has 0 aromatic carbocycles. The summed E-state index contributed by atoms with van der Waals surface area (Å²) >= 11 is 5.97. The van der Waals surface area contributed by atoms with E-state index < -0.39 is 0 Å². The Morgan fingerprint density at radius 2 is 2.25 bits per heavy atom. The summed E-state index contributed by atoms with van der Waals surface area (Å²) in [5.74, 6) is -0.244. The van der Waals surface area contributed by atoms with Gasteiger partial charge in [0.25, 0.3) is 5.91 Å². The number of carbonyl (C=O) groups excluding carboxylic acids is 1. The zero-order chi connectivity index (χ0) is 14.9. The highest BCUT2D eigenvalue weighted by Crippen LogP contribution is 2.19. The zero-order valence-electron chi connectivity index (χ0n) is 12.0. The van der Waals surface area contributed by atoms with E-state index in [9.17, 15) is 4.79 Å². The minimum atomic E-state index is -0.244. The number of rotatable bonds is 4. The number of hydrogen-bond acceptors (Lipinski definition) is 3. The SMILES string of the molecule is CCn1cc(C(C)NC(=O)c2c(Cl)cnn2C)c(C)n1. The van der Waals surface area contributed by atoms with Crippen molar-refractivity contribution in [3.63, 3.8) is 0 Å². The molecule has 6 nitrogen and oxygen atoms in total. The van der Waals surface area contributed by atoms with E-state index >= 15 is 0 Å². The van der Waals surface area contributed by atoms with Crippen molar-refractivity contribution in [3.05, 3.63) is 34.4 Å². The number of halogens is 1. The van der Waals surface area contributed by atoms with E-state index in [1.807, 2.05) is 31.6 Å². The molecule has 0 aliphatic rings. The van der Waals surface area contributed by atoms with E-state index in [2.05, 4.69) is 15.5 Å². The molecule has 0 spiro atoms. The van der Waals surface area contributed by atoms with Crippen LogP contribution in [0.5, 0.6) is 0 Å². The Balaban J connectivity index is 2.17. The first-order valence-electron chi connectivity index (χ1n) is 6.46. The minimum absolute atomic E-state index is 0.145. The van der Waals surface area contributed by atoms with E-state index in [0.717, 1.165) is 17.8 Å². The van der Waals surface area contributed by atoms with Gasteiger partial charge in [-0.05, 0) is 20.8 Å². The van der Waals surface area contributed by atoms with Crippen molar-refractivity contribution in [2.45, 2.75) is 33.4 Å². The molecule has 0 saturated carbocycles. The Hall–Kier alpha value is -1.82. The van der Waals surface area contributed by atoms with Crippen LogP contribution in [0.1, 0.15) is 41.6 Å². The van der Waals surface area contributed by atoms with Gasteiger partial charge in [-0.3, -0.25) is 14.2 Å². The predicted molar refractivity (Wildman–Crippen MR) is 76.7 cm³/mol. The van der Waals surface area contributed by atoms with Gasteiger partial charge in [0.2, 0.25) is 0 Å². The molecule has 1 amide bonds. The Kier molecular flexibility index (Phi) is 4.13. The summed E-state index contributed by atoms with van der Waals surface area (Å²) in [6.45, 7) is 6.68. The molecule has 0 aliphatic heterocycles. The van der Waals surface area contributed by atoms with Gasteiger partial charge in [0.15, 0.2) is 0 Å². The highest BCUT2D eigenvalue weighted by atomic mass is 35.5. The van der Waals surface area contributed by atoms with E-state index in [1.54, 1.807) is 7.05 Å². The second-order valence-corrected chi connectivity index (χ2v) is 5.09. The fraction of sp³-hybridized carbons (Fsp3) is 0.462. The van der Waals surface area contributed by atoms with Crippen LogP contribution in [0.25, 0.3) is 0 Å². The van der Waals surface area contributed by atoms with Gasteiger partial charge in [-0.15, -0.1) is 0 Å². The van der Waals surface area contributed by atoms with Gasteiger partial charge in [-0.25, -0.2) is 0 Å². The number of aromatic nitrogens is 4. The fourth-order valence-electron chi connectivity index (χ4n) is 2.13. The average Bonchev–Trinajstić information content (AvgIpc) is 2.92. The van der Waals surface area contributed by atoms with E-state index in [0.29, 0.717) is 10.7 Å². The summed E-state index contributed by atoms with van der Waals surface area (Å²) in [5, 5.41) is 11.6. The van der Waals surface area contributed by atoms with Crippen molar-refractivity contribution in [1.29, 1.82) is 0 Å². The van der Waals surface area contributed by atoms with Crippen molar-refractivity contribution in [2.75, 3.05) is 0 Å². The van der Waals surface area contributed by atoms with Crippen LogP contribution >= 0.6 is 11.6 Å². The normalized spacial score (nSPS) is 12.4. The van der Waals surface area contributed by atoms with Crippen LogP contribution in [0.2, 0.25) is 5.02 Å². The van der Waals surface area contributed by atoms with Crippen LogP contribution in [0.3, 0.4) is 0 Å². The first-order valence-corrected chi connectivity index (χ1v) is 6.84. The lowest BCUT2D eigenvalue weighted by Crippen LogP contribution is -2.28. The van der Waals surface area contributed by atoms with Gasteiger partial charge in [-0.2, -0.15) is 10.2 Å². The lowest BCUT2D eigenvalue weighted by molar-refractivity contribution is 0.0930. The number of nitrogens with zero attached hydrogens (tertiary/aromatic N) is 4. The van der Waals surface area contributed by atoms with Crippen molar-refractivity contribution >= 4 is 17.5 Å². The van der Waals surface area contributed by atoms with Crippen molar-refractivity contribution < 1.29 is 4.79 Å². The molecule has 2 aromatic heterocycles. The lowest BCUT2D eigenvalue weighted by atomic mass is 10.1. The van der Waals surface area contributed by atoms with Gasteiger partial charge in [0.1, 0.15) is 5.69 Å². The average molecular weight is 296 g/mol. The molecule has 0 radical (unpaired) electrons. The van der Waals surface area contributed by atoms with Gasteiger partial charge < -0.3 is 5.32 Å². The van der Waals surface area contributed by atoms with Gasteiger partial charge in [0, 0.05) is 25.4 Å². The van der Waals surface area contributed by atoms with E-state index in [-0.39, 0.29) is 11.9 Å². The van der Waals surface area contributed by atoms with Crippen molar-refractivity contribution in [2.24, 2.45) is 7.05 Å². The third-order valence-electron chi connectivity index (χ3n) is 3.23. The molecule has 0 aliphatic carbocycles. The van der Waals surface area contributed by atoms with Gasteiger partial charge in [0.05, 0.1) is 23.0 Å². The fourth-order valence-corrected chi connectivity index (χ4v) is 2.38. The maximum Gasteiger partial charge on any atom is 0.271 e. The topological polar surface area (TPSA) is 64.7 Å². The van der Waals surface area contributed by atoms with Crippen LogP contribution in [-0.2, 0) is 13.6 Å². The molecule has 2 heterocycles. The molecule has 1 unspecified atom stereocenters. The predicted octanol–water partition coefficient (Wildman–Crippen LogP) is 2.09. The Bertz CT molecular complexity index is 611. The molecule has 1 atom stereocenters. The van der Waals surface area contributed by atoms with Crippen LogP contribution in [-0.4, -0.2) is 25.5 Å². The third kappa shape index (κ3) is 2.70. The molecule has 1 N–H and O–H groups in total. The van der Waals surface area contributed by atoms with Crippen molar-refractivity contribution in [1.82, 2.24) is 24.9 Å². The maximum absolute atomic E-state index is 12.2. The quantitative estimate of drug-likeness (QED) is 0.939. The summed E-state index contributed by atoms with van der Waals surface area (Å²) in [5.41, 5.74) is 2.27. The number of hydrogen-bond donors (Lipinski definition) is 1. The molecule has 7 heteroatoms. The monoisotopic (exact) mass is 295 g/mol. The van der Waals surface area contributed by atoms with Crippen molar-refractivity contribution in [3.8, 4) is 0 Å². The highest BCUT2D eigenvalue weighted by Gasteiger charge is 2.20. The molecule has 20 heavy (non-hydrogen) atoms. The van der Waals surface area contributed by atoms with Gasteiger partial charge in [-0.1, -0.05) is 11.6 Å². The van der Waals surface area contributed by atoms with Crippen LogP contribution < -0.4 is 5.32 Å². The number of aryl methyl sites for hydroxylation is 3. The summed E-state index contributed by atoms with van der Waals surface area (Å²) in [4.78, 5) is 12.2. The molecule has 2 aromatic rings. The molecule has 0 bridgehead atoms. The highest BCUT2D eigenvalue weighted by molar-refractivity contribution is 6.33. The van der Waals surface area contributed by atoms with Gasteiger partial charge >= 0.3 is 0 Å². The summed E-state index contributed by atoms with van der Waals surface area (Å²) in [7, 11) is 1.69. The molecule has 108 valence electrons. The minimum Gasteiger partial charge on any atom is -0.344 e. The smallest absolute Gasteiger partial charge is 0.271 e. The molecule has 2 rings (SSSR count). The first kappa shape index (κ1) is 14.6. The van der Waals surface area contributed by atoms with E-state index in [4.69, 9.17) is 11.6 Å². The largest absolute Gasteiger partial charge is 0.344 e. The Labute approximate surface area is 122 Å². The number of amides is 1. The summed E-state index contributed by atoms with van der Waals surface area (Å²) in [6.07, 6.45) is 3.41.